The van der Waals surface area contributed by atoms with Crippen LogP contribution in [0, 0.1) is 19.8 Å². The van der Waals surface area contributed by atoms with E-state index >= 15 is 0 Å². The van der Waals surface area contributed by atoms with Crippen molar-refractivity contribution in [1.29, 1.82) is 0 Å². The Bertz CT molecular complexity index is 1540. The van der Waals surface area contributed by atoms with Gasteiger partial charge >= 0.3 is 11.9 Å². The Hall–Kier alpha value is -4.17. The first-order valence-electron chi connectivity index (χ1n) is 15.4. The van der Waals surface area contributed by atoms with Crippen molar-refractivity contribution >= 4 is 17.7 Å². The summed E-state index contributed by atoms with van der Waals surface area (Å²) in [6.45, 7) is 8.96. The number of Topliss-reactive ketones (excluding diaryl/α,β-unsaturated/α-hetero) is 1. The fourth-order valence-corrected chi connectivity index (χ4v) is 7.07. The number of aromatic carboxylic acids is 1. The molecule has 0 bridgehead atoms. The minimum atomic E-state index is -1.05. The van der Waals surface area contributed by atoms with E-state index in [0.29, 0.717) is 30.0 Å². The van der Waals surface area contributed by atoms with Gasteiger partial charge in [-0.25, -0.2) is 4.79 Å². The van der Waals surface area contributed by atoms with Gasteiger partial charge in [-0.1, -0.05) is 49.7 Å². The molecule has 44 heavy (non-hydrogen) atoms. The van der Waals surface area contributed by atoms with E-state index in [9.17, 15) is 24.6 Å². The summed E-state index contributed by atoms with van der Waals surface area (Å²) in [5.41, 5.74) is 7.76. The van der Waals surface area contributed by atoms with E-state index in [2.05, 4.69) is 32.9 Å². The zero-order valence-corrected chi connectivity index (χ0v) is 25.9. The lowest BCUT2D eigenvalue weighted by Crippen LogP contribution is -2.32. The maximum atomic E-state index is 13.5. The number of nitrogens with zero attached hydrogens (tertiary/aromatic N) is 1. The number of ketones is 1. The summed E-state index contributed by atoms with van der Waals surface area (Å²) < 4.78 is 11.2. The highest BCUT2D eigenvalue weighted by atomic mass is 16.7. The van der Waals surface area contributed by atoms with Crippen molar-refractivity contribution in [3.05, 3.63) is 93.0 Å². The number of rotatable bonds is 12. The van der Waals surface area contributed by atoms with E-state index in [0.717, 1.165) is 36.8 Å². The van der Waals surface area contributed by atoms with Gasteiger partial charge in [0.05, 0.1) is 18.0 Å². The van der Waals surface area contributed by atoms with Crippen LogP contribution in [0.4, 0.5) is 0 Å². The predicted octanol–water partition coefficient (Wildman–Crippen LogP) is 6.29. The van der Waals surface area contributed by atoms with Crippen molar-refractivity contribution in [1.82, 2.24) is 4.90 Å². The third kappa shape index (κ3) is 6.36. The summed E-state index contributed by atoms with van der Waals surface area (Å²) in [6.07, 6.45) is 3.85. The SMILES string of the molecule is CCc1cc(C)cc(CC)c1CCCC(=O)CN1C[C@H](c2cc(C)c3c(c2)OCO3)[C@@H](C(=O)O)[C@@H]1c1ccc(C(=O)O)cc1. The minimum absolute atomic E-state index is 0.0621. The normalized spacial score (nSPS) is 19.3. The molecule has 0 radical (unpaired) electrons. The van der Waals surface area contributed by atoms with Crippen LogP contribution in [0.1, 0.15) is 88.0 Å². The molecule has 2 N–H and O–H groups in total. The Morgan fingerprint density at radius 3 is 2.20 bits per heavy atom. The van der Waals surface area contributed by atoms with Crippen molar-refractivity contribution in [2.24, 2.45) is 5.92 Å². The van der Waals surface area contributed by atoms with Crippen molar-refractivity contribution in [2.45, 2.75) is 71.8 Å². The Labute approximate surface area is 258 Å². The average Bonchev–Trinajstić information content (AvgIpc) is 3.63. The van der Waals surface area contributed by atoms with E-state index in [1.165, 1.54) is 34.4 Å². The smallest absolute Gasteiger partial charge is 0.335 e. The molecule has 3 atom stereocenters. The summed E-state index contributed by atoms with van der Waals surface area (Å²) in [6, 6.07) is 14.0. The first-order valence-corrected chi connectivity index (χ1v) is 15.4. The zero-order chi connectivity index (χ0) is 31.5. The Morgan fingerprint density at radius 2 is 1.59 bits per heavy atom. The van der Waals surface area contributed by atoms with Crippen molar-refractivity contribution in [3.8, 4) is 11.5 Å². The largest absolute Gasteiger partial charge is 0.481 e. The van der Waals surface area contributed by atoms with Gasteiger partial charge in [0.15, 0.2) is 11.5 Å². The fraction of sp³-hybridized carbons (Fsp3) is 0.417. The molecule has 1 saturated heterocycles. The van der Waals surface area contributed by atoms with E-state index in [-0.39, 0.29) is 24.7 Å². The predicted molar refractivity (Wildman–Crippen MR) is 167 cm³/mol. The maximum absolute atomic E-state index is 13.5. The molecular formula is C36H41NO7. The third-order valence-corrected chi connectivity index (χ3v) is 9.09. The van der Waals surface area contributed by atoms with Gasteiger partial charge in [-0.3, -0.25) is 14.5 Å². The highest BCUT2D eigenvalue weighted by Gasteiger charge is 2.48. The number of carboxylic acid groups (broad SMARTS) is 2. The number of aryl methyl sites for hydroxylation is 4. The van der Waals surface area contributed by atoms with Crippen molar-refractivity contribution in [3.63, 3.8) is 0 Å². The zero-order valence-electron chi connectivity index (χ0n) is 25.9. The molecule has 0 unspecified atom stereocenters. The lowest BCUT2D eigenvalue weighted by Gasteiger charge is -2.27. The molecule has 1 fully saturated rings. The molecule has 8 nitrogen and oxygen atoms in total. The molecule has 3 aromatic rings. The molecule has 0 amide bonds. The van der Waals surface area contributed by atoms with Crippen LogP contribution in [-0.4, -0.2) is 52.7 Å². The highest BCUT2D eigenvalue weighted by molar-refractivity contribution is 5.87. The van der Waals surface area contributed by atoms with Gasteiger partial charge < -0.3 is 19.7 Å². The molecule has 2 heterocycles. The molecule has 5 rings (SSSR count). The molecular weight excluding hydrogens is 558 g/mol. The second-order valence-corrected chi connectivity index (χ2v) is 12.0. The molecule has 8 heteroatoms. The molecule has 0 aliphatic carbocycles. The van der Waals surface area contributed by atoms with Crippen molar-refractivity contribution < 1.29 is 34.1 Å². The second-order valence-electron chi connectivity index (χ2n) is 12.0. The van der Waals surface area contributed by atoms with Gasteiger partial charge in [0.2, 0.25) is 6.79 Å². The first kappa shape index (κ1) is 31.3. The van der Waals surface area contributed by atoms with Gasteiger partial charge in [-0.05, 0) is 91.1 Å². The van der Waals surface area contributed by atoms with Gasteiger partial charge in [0.25, 0.3) is 0 Å². The van der Waals surface area contributed by atoms with Gasteiger partial charge in [0, 0.05) is 24.9 Å². The van der Waals surface area contributed by atoms with Gasteiger partial charge in [-0.15, -0.1) is 0 Å². The summed E-state index contributed by atoms with van der Waals surface area (Å²) in [7, 11) is 0. The van der Waals surface area contributed by atoms with E-state index in [4.69, 9.17) is 9.47 Å². The molecule has 3 aromatic carbocycles. The second kappa shape index (κ2) is 13.2. The fourth-order valence-electron chi connectivity index (χ4n) is 7.07. The number of carboxylic acids is 2. The number of benzene rings is 3. The minimum Gasteiger partial charge on any atom is -0.481 e. The Morgan fingerprint density at radius 1 is 0.909 bits per heavy atom. The van der Waals surface area contributed by atoms with Gasteiger partial charge in [0.1, 0.15) is 5.78 Å². The lowest BCUT2D eigenvalue weighted by atomic mass is 9.82. The van der Waals surface area contributed by atoms with Crippen molar-refractivity contribution in [2.75, 3.05) is 19.9 Å². The average molecular weight is 600 g/mol. The van der Waals surface area contributed by atoms with Crippen LogP contribution in [0.25, 0.3) is 0 Å². The number of aliphatic carboxylic acids is 1. The van der Waals surface area contributed by atoms with Crippen LogP contribution < -0.4 is 9.47 Å². The molecule has 0 spiro atoms. The first-order chi connectivity index (χ1) is 21.1. The molecule has 0 saturated carbocycles. The summed E-state index contributed by atoms with van der Waals surface area (Å²) in [5.74, 6) is -1.97. The summed E-state index contributed by atoms with van der Waals surface area (Å²) in [5, 5.41) is 20.0. The van der Waals surface area contributed by atoms with Crippen LogP contribution in [0.5, 0.6) is 11.5 Å². The molecule has 2 aliphatic heterocycles. The summed E-state index contributed by atoms with van der Waals surface area (Å²) >= 11 is 0. The number of hydrogen-bond acceptors (Lipinski definition) is 6. The van der Waals surface area contributed by atoms with Crippen LogP contribution in [-0.2, 0) is 28.9 Å². The number of hydrogen-bond donors (Lipinski definition) is 2. The van der Waals surface area contributed by atoms with Crippen LogP contribution in [0.2, 0.25) is 0 Å². The Balaban J connectivity index is 1.40. The topological polar surface area (TPSA) is 113 Å². The molecule has 0 aromatic heterocycles. The summed E-state index contributed by atoms with van der Waals surface area (Å²) in [4.78, 5) is 39.9. The number of ether oxygens (including phenoxy) is 2. The van der Waals surface area contributed by atoms with Crippen LogP contribution in [0.3, 0.4) is 0 Å². The third-order valence-electron chi connectivity index (χ3n) is 9.09. The molecule has 2 aliphatic rings. The van der Waals surface area contributed by atoms with Gasteiger partial charge in [-0.2, -0.15) is 0 Å². The highest BCUT2D eigenvalue weighted by Crippen LogP contribution is 2.48. The monoisotopic (exact) mass is 599 g/mol. The van der Waals surface area contributed by atoms with E-state index < -0.39 is 29.8 Å². The van der Waals surface area contributed by atoms with E-state index in [1.54, 1.807) is 12.1 Å². The number of carbonyl (C=O) groups excluding carboxylic acids is 1. The van der Waals surface area contributed by atoms with Crippen LogP contribution >= 0.6 is 0 Å². The molecule has 232 valence electrons. The number of carbonyl (C=O) groups is 3. The number of fused-ring (bicyclic) bond motifs is 1. The Kier molecular flexibility index (Phi) is 9.39. The van der Waals surface area contributed by atoms with E-state index in [1.807, 2.05) is 24.0 Å². The maximum Gasteiger partial charge on any atom is 0.335 e. The lowest BCUT2D eigenvalue weighted by molar-refractivity contribution is -0.143. The number of likely N-dealkylation sites (tertiary alicyclic amines) is 1. The standard InChI is InChI=1S/C36H41NO7/c1-5-23-14-21(3)15-24(6-2)29(23)9-7-8-28(38)18-37-19-30(27-16-22(4)34-31(17-27)43-20-44-34)32(36(41)42)33(37)25-10-12-26(13-11-25)35(39)40/h10-17,30,32-33H,5-9,18-20H2,1-4H3,(H,39,40)(H,41,42)/t30-,32-,33+/m1/s1. The quantitative estimate of drug-likeness (QED) is 0.250. The van der Waals surface area contributed by atoms with Crippen LogP contribution in [0.15, 0.2) is 48.5 Å².